The van der Waals surface area contributed by atoms with Crippen LogP contribution in [0.25, 0.3) is 22.7 Å². The number of rotatable bonds is 7. The Balaban J connectivity index is 1.30. The Morgan fingerprint density at radius 2 is 1.92 bits per heavy atom. The van der Waals surface area contributed by atoms with Crippen LogP contribution in [0.5, 0.6) is 17.5 Å². The molecule has 2 aromatic carbocycles. The van der Waals surface area contributed by atoms with Crippen molar-refractivity contribution in [3.8, 4) is 29.0 Å². The Morgan fingerprint density at radius 3 is 2.61 bits per heavy atom. The van der Waals surface area contributed by atoms with Crippen molar-refractivity contribution in [1.82, 2.24) is 19.9 Å². The number of carbonyl (C=O) groups excluding carboxylic acids is 1. The average Bonchev–Trinajstić information content (AvgIpc) is 3.21. The number of halogens is 1. The first kappa shape index (κ1) is 23.6. The van der Waals surface area contributed by atoms with Crippen molar-refractivity contribution in [3.63, 3.8) is 0 Å². The highest BCUT2D eigenvalue weighted by molar-refractivity contribution is 6.30. The third kappa shape index (κ3) is 4.80. The molecule has 0 saturated carbocycles. The summed E-state index contributed by atoms with van der Waals surface area (Å²) in [5.74, 6) is -0.209. The van der Waals surface area contributed by atoms with E-state index in [9.17, 15) is 9.59 Å². The molecule has 1 N–H and O–H groups in total. The molecule has 5 rings (SSSR count). The molecule has 1 fully saturated rings. The first-order valence-electron chi connectivity index (χ1n) is 11.1. The van der Waals surface area contributed by atoms with Crippen LogP contribution >= 0.6 is 11.6 Å². The number of aliphatic carboxylic acids is 1. The van der Waals surface area contributed by atoms with Gasteiger partial charge in [0.25, 0.3) is 11.6 Å². The fraction of sp³-hybridized carbons (Fsp3) is 0.240. The number of carboxylic acid groups (broad SMARTS) is 1. The van der Waals surface area contributed by atoms with Gasteiger partial charge >= 0.3 is 12.0 Å². The average molecular weight is 509 g/mol. The van der Waals surface area contributed by atoms with Crippen LogP contribution in [-0.2, 0) is 9.59 Å². The van der Waals surface area contributed by atoms with Crippen LogP contribution in [0.3, 0.4) is 0 Å². The lowest BCUT2D eigenvalue weighted by molar-refractivity contribution is -0.153. The van der Waals surface area contributed by atoms with Crippen molar-refractivity contribution in [2.45, 2.75) is 13.8 Å². The van der Waals surface area contributed by atoms with Gasteiger partial charge in [0.1, 0.15) is 17.0 Å². The van der Waals surface area contributed by atoms with E-state index < -0.39 is 11.9 Å². The Morgan fingerprint density at radius 1 is 1.17 bits per heavy atom. The Hall–Kier alpha value is -4.18. The second-order valence-corrected chi connectivity index (χ2v) is 8.92. The predicted molar refractivity (Wildman–Crippen MR) is 129 cm³/mol. The number of carbonyl (C=O) groups is 2. The van der Waals surface area contributed by atoms with Gasteiger partial charge in [0.2, 0.25) is 5.89 Å². The van der Waals surface area contributed by atoms with E-state index in [0.717, 1.165) is 11.1 Å². The van der Waals surface area contributed by atoms with E-state index in [2.05, 4.69) is 15.0 Å². The molecule has 1 amide bonds. The minimum atomic E-state index is -0.891. The summed E-state index contributed by atoms with van der Waals surface area (Å²) >= 11 is 5.99. The summed E-state index contributed by atoms with van der Waals surface area (Å²) in [5, 5.41) is 9.50. The summed E-state index contributed by atoms with van der Waals surface area (Å²) in [6, 6.07) is 10.7. The van der Waals surface area contributed by atoms with Gasteiger partial charge in [-0.05, 0) is 55.3 Å². The van der Waals surface area contributed by atoms with Gasteiger partial charge in [0.15, 0.2) is 6.61 Å². The van der Waals surface area contributed by atoms with Crippen LogP contribution in [0.15, 0.2) is 47.0 Å². The lowest BCUT2D eigenvalue weighted by Crippen LogP contribution is -2.54. The van der Waals surface area contributed by atoms with Crippen LogP contribution in [-0.4, -0.2) is 56.5 Å². The molecule has 0 aliphatic carbocycles. The van der Waals surface area contributed by atoms with E-state index in [0.29, 0.717) is 33.5 Å². The van der Waals surface area contributed by atoms with Gasteiger partial charge in [-0.1, -0.05) is 17.7 Å². The molecular formula is C25H21ClN4O6. The van der Waals surface area contributed by atoms with Crippen LogP contribution in [0.4, 0.5) is 0 Å². The lowest BCUT2D eigenvalue weighted by Gasteiger charge is -2.36. The van der Waals surface area contributed by atoms with Crippen molar-refractivity contribution in [2.75, 3.05) is 19.7 Å². The molecule has 4 aromatic rings. The molecule has 1 saturated heterocycles. The zero-order valence-corrected chi connectivity index (χ0v) is 20.2. The van der Waals surface area contributed by atoms with Gasteiger partial charge in [-0.3, -0.25) is 9.59 Å². The number of hydrogen-bond acceptors (Lipinski definition) is 8. The van der Waals surface area contributed by atoms with E-state index in [1.807, 2.05) is 26.0 Å². The molecule has 0 radical (unpaired) electrons. The van der Waals surface area contributed by atoms with Crippen molar-refractivity contribution >= 4 is 34.7 Å². The molecule has 0 atom stereocenters. The number of aromatic nitrogens is 3. The molecule has 3 heterocycles. The number of amides is 1. The van der Waals surface area contributed by atoms with Crippen LogP contribution in [0, 0.1) is 19.8 Å². The van der Waals surface area contributed by atoms with Gasteiger partial charge in [0.05, 0.1) is 12.1 Å². The van der Waals surface area contributed by atoms with Gasteiger partial charge < -0.3 is 23.9 Å². The molecule has 0 unspecified atom stereocenters. The predicted octanol–water partition coefficient (Wildman–Crippen LogP) is 4.27. The normalized spacial score (nSPS) is 13.5. The fourth-order valence-corrected chi connectivity index (χ4v) is 4.07. The second kappa shape index (κ2) is 9.46. The molecule has 2 aromatic heterocycles. The summed E-state index contributed by atoms with van der Waals surface area (Å²) in [7, 11) is 0. The molecule has 1 aliphatic heterocycles. The highest BCUT2D eigenvalue weighted by Crippen LogP contribution is 2.32. The van der Waals surface area contributed by atoms with E-state index in [-0.39, 0.29) is 37.3 Å². The van der Waals surface area contributed by atoms with E-state index in [1.54, 1.807) is 24.3 Å². The highest BCUT2D eigenvalue weighted by atomic mass is 35.5. The molecular weight excluding hydrogens is 488 g/mol. The Bertz CT molecular complexity index is 1460. The number of fused-ring (bicyclic) bond motifs is 1. The van der Waals surface area contributed by atoms with Gasteiger partial charge in [-0.2, -0.15) is 4.98 Å². The highest BCUT2D eigenvalue weighted by Gasteiger charge is 2.35. The summed E-state index contributed by atoms with van der Waals surface area (Å²) in [5.41, 5.74) is 3.05. The molecule has 184 valence electrons. The third-order valence-electron chi connectivity index (χ3n) is 5.76. The van der Waals surface area contributed by atoms with Crippen molar-refractivity contribution in [1.29, 1.82) is 0 Å². The van der Waals surface area contributed by atoms with E-state index in [4.69, 9.17) is 30.6 Å². The number of benzene rings is 2. The number of carboxylic acids is 1. The molecule has 0 bridgehead atoms. The number of ether oxygens (including phenoxy) is 2. The maximum absolute atomic E-state index is 12.3. The second-order valence-electron chi connectivity index (χ2n) is 8.48. The van der Waals surface area contributed by atoms with Gasteiger partial charge in [-0.25, -0.2) is 9.97 Å². The monoisotopic (exact) mass is 508 g/mol. The van der Waals surface area contributed by atoms with Gasteiger partial charge in [-0.15, -0.1) is 0 Å². The fourth-order valence-electron chi connectivity index (χ4n) is 3.89. The topological polar surface area (TPSA) is 128 Å². The third-order valence-corrected chi connectivity index (χ3v) is 6.00. The van der Waals surface area contributed by atoms with Crippen LogP contribution in [0.2, 0.25) is 5.02 Å². The summed E-state index contributed by atoms with van der Waals surface area (Å²) in [6.07, 6.45) is 1.52. The molecule has 11 heteroatoms. The summed E-state index contributed by atoms with van der Waals surface area (Å²) < 4.78 is 17.3. The Kier molecular flexibility index (Phi) is 6.19. The number of oxazole rings is 1. The van der Waals surface area contributed by atoms with Crippen LogP contribution in [0.1, 0.15) is 11.1 Å². The van der Waals surface area contributed by atoms with Crippen LogP contribution < -0.4 is 9.47 Å². The quantitative estimate of drug-likeness (QED) is 0.389. The molecule has 0 spiro atoms. The lowest BCUT2D eigenvalue weighted by atomic mass is 10.0. The maximum Gasteiger partial charge on any atom is 0.325 e. The maximum atomic E-state index is 12.3. The molecule has 10 nitrogen and oxygen atoms in total. The number of aryl methyl sites for hydroxylation is 2. The largest absolute Gasteiger partial charge is 0.483 e. The zero-order valence-electron chi connectivity index (χ0n) is 19.4. The SMILES string of the molecule is Cc1cc(-c2nc3cnc(Oc4cccc(Cl)c4)nc3o2)cc(C)c1OCC(=O)N1CC(C(=O)O)C1. The molecule has 1 aliphatic rings. The van der Waals surface area contributed by atoms with Crippen molar-refractivity contribution in [3.05, 3.63) is 58.7 Å². The van der Waals surface area contributed by atoms with E-state index in [1.165, 1.54) is 11.1 Å². The number of likely N-dealkylation sites (tertiary alicyclic amines) is 1. The molecule has 36 heavy (non-hydrogen) atoms. The van der Waals surface area contributed by atoms with Crippen molar-refractivity contribution in [2.24, 2.45) is 5.92 Å². The standard InChI is InChI=1S/C25H21ClN4O6/c1-13-6-15(7-14(2)21(13)34-12-20(31)30-10-16(11-30)24(32)33)22-28-19-9-27-25(29-23(19)36-22)35-18-5-3-4-17(26)8-18/h3-9,16H,10-12H2,1-2H3,(H,32,33). The van der Waals surface area contributed by atoms with Gasteiger partial charge in [0, 0.05) is 23.7 Å². The summed E-state index contributed by atoms with van der Waals surface area (Å²) in [6.45, 7) is 3.97. The van der Waals surface area contributed by atoms with Crippen molar-refractivity contribution < 1.29 is 28.6 Å². The minimum absolute atomic E-state index is 0.102. The van der Waals surface area contributed by atoms with E-state index >= 15 is 0 Å². The number of nitrogens with zero attached hydrogens (tertiary/aromatic N) is 4. The smallest absolute Gasteiger partial charge is 0.325 e. The Labute approximate surface area is 210 Å². The first-order chi connectivity index (χ1) is 17.3. The minimum Gasteiger partial charge on any atom is -0.483 e. The number of hydrogen-bond donors (Lipinski definition) is 1. The zero-order chi connectivity index (χ0) is 25.4. The first-order valence-corrected chi connectivity index (χ1v) is 11.5. The summed E-state index contributed by atoms with van der Waals surface area (Å²) in [4.78, 5) is 37.6.